The van der Waals surface area contributed by atoms with E-state index in [-0.39, 0.29) is 17.7 Å². The first-order valence-electron chi connectivity index (χ1n) is 5.57. The van der Waals surface area contributed by atoms with Crippen molar-refractivity contribution >= 4 is 46.4 Å². The first-order valence-corrected chi connectivity index (χ1v) is 6.49. The number of nitrogens with one attached hydrogen (secondary N) is 1. The summed E-state index contributed by atoms with van der Waals surface area (Å²) < 4.78 is 0. The lowest BCUT2D eigenvalue weighted by atomic mass is 10.2. The van der Waals surface area contributed by atoms with Crippen molar-refractivity contribution in [2.75, 3.05) is 22.6 Å². The van der Waals surface area contributed by atoms with Crippen LogP contribution in [-0.4, -0.2) is 24.2 Å². The third-order valence-corrected chi connectivity index (χ3v) is 3.26. The summed E-state index contributed by atoms with van der Waals surface area (Å²) in [5.41, 5.74) is 1.25. The highest BCUT2D eigenvalue weighted by Gasteiger charge is 2.23. The number of benzene rings is 1. The molecular weight excluding hydrogens is 275 g/mol. The second-order valence-corrected chi connectivity index (χ2v) is 4.67. The standard InChI is InChI=1S/C12H12Cl2N2O2/c13-7-11(17)15-8-3-4-10(9(14)6-8)16-5-1-2-12(16)18/h3-4,6H,1-2,5,7H2,(H,15,17). The molecule has 0 aliphatic carbocycles. The third kappa shape index (κ3) is 2.76. The fourth-order valence-electron chi connectivity index (χ4n) is 1.90. The van der Waals surface area contributed by atoms with Crippen LogP contribution >= 0.6 is 23.2 Å². The predicted octanol–water partition coefficient (Wildman–Crippen LogP) is 2.64. The van der Waals surface area contributed by atoms with Gasteiger partial charge in [-0.05, 0) is 24.6 Å². The smallest absolute Gasteiger partial charge is 0.239 e. The van der Waals surface area contributed by atoms with Crippen molar-refractivity contribution < 1.29 is 9.59 Å². The minimum atomic E-state index is -0.294. The summed E-state index contributed by atoms with van der Waals surface area (Å²) in [4.78, 5) is 24.4. The Morgan fingerprint density at radius 1 is 1.44 bits per heavy atom. The lowest BCUT2D eigenvalue weighted by molar-refractivity contribution is -0.117. The Kier molecular flexibility index (Phi) is 4.09. The zero-order valence-electron chi connectivity index (χ0n) is 9.58. The summed E-state index contributed by atoms with van der Waals surface area (Å²) in [5, 5.41) is 3.04. The number of nitrogens with zero attached hydrogens (tertiary/aromatic N) is 1. The van der Waals surface area contributed by atoms with Gasteiger partial charge in [-0.25, -0.2) is 0 Å². The van der Waals surface area contributed by atoms with Gasteiger partial charge in [0.05, 0.1) is 10.7 Å². The molecule has 4 nitrogen and oxygen atoms in total. The first-order chi connectivity index (χ1) is 8.61. The van der Waals surface area contributed by atoms with Gasteiger partial charge in [-0.2, -0.15) is 0 Å². The van der Waals surface area contributed by atoms with E-state index in [0.717, 1.165) is 6.42 Å². The first kappa shape index (κ1) is 13.2. The van der Waals surface area contributed by atoms with E-state index in [1.165, 1.54) is 0 Å². The zero-order chi connectivity index (χ0) is 13.1. The Bertz CT molecular complexity index is 491. The molecule has 2 amide bonds. The largest absolute Gasteiger partial charge is 0.325 e. The Morgan fingerprint density at radius 3 is 2.78 bits per heavy atom. The summed E-state index contributed by atoms with van der Waals surface area (Å²) in [6.07, 6.45) is 1.40. The Hall–Kier alpha value is -1.26. The fraction of sp³-hybridized carbons (Fsp3) is 0.333. The number of hydrogen-bond acceptors (Lipinski definition) is 2. The van der Waals surface area contributed by atoms with E-state index in [0.29, 0.717) is 29.4 Å². The summed E-state index contributed by atoms with van der Waals surface area (Å²) in [6, 6.07) is 5.06. The van der Waals surface area contributed by atoms with Crippen LogP contribution < -0.4 is 10.2 Å². The maximum absolute atomic E-state index is 11.6. The lowest BCUT2D eigenvalue weighted by Gasteiger charge is -2.17. The number of carbonyl (C=O) groups is 2. The van der Waals surface area contributed by atoms with Crippen molar-refractivity contribution in [2.24, 2.45) is 0 Å². The van der Waals surface area contributed by atoms with Gasteiger partial charge < -0.3 is 10.2 Å². The molecule has 0 unspecified atom stereocenters. The summed E-state index contributed by atoms with van der Waals surface area (Å²) in [7, 11) is 0. The summed E-state index contributed by atoms with van der Waals surface area (Å²) in [5.74, 6) is -0.323. The molecule has 0 spiro atoms. The molecule has 2 rings (SSSR count). The van der Waals surface area contributed by atoms with E-state index in [9.17, 15) is 9.59 Å². The SMILES string of the molecule is O=C(CCl)Nc1ccc(N2CCCC2=O)c(Cl)c1. The van der Waals surface area contributed by atoms with Crippen LogP contribution in [0.5, 0.6) is 0 Å². The highest BCUT2D eigenvalue weighted by Crippen LogP contribution is 2.31. The minimum Gasteiger partial charge on any atom is -0.325 e. The average molecular weight is 287 g/mol. The number of rotatable bonds is 3. The van der Waals surface area contributed by atoms with Gasteiger partial charge in [-0.3, -0.25) is 9.59 Å². The van der Waals surface area contributed by atoms with E-state index >= 15 is 0 Å². The molecule has 96 valence electrons. The number of alkyl halides is 1. The zero-order valence-corrected chi connectivity index (χ0v) is 11.1. The predicted molar refractivity (Wildman–Crippen MR) is 72.4 cm³/mol. The Labute approximate surface area is 115 Å². The molecule has 1 aromatic carbocycles. The van der Waals surface area contributed by atoms with Crippen molar-refractivity contribution in [1.29, 1.82) is 0 Å². The van der Waals surface area contributed by atoms with Gasteiger partial charge in [0.1, 0.15) is 5.88 Å². The van der Waals surface area contributed by atoms with Gasteiger partial charge in [0, 0.05) is 18.7 Å². The van der Waals surface area contributed by atoms with Crippen LogP contribution in [0.1, 0.15) is 12.8 Å². The molecule has 0 atom stereocenters. The molecule has 1 aromatic rings. The number of hydrogen-bond donors (Lipinski definition) is 1. The van der Waals surface area contributed by atoms with Crippen LogP contribution in [0.2, 0.25) is 5.02 Å². The normalized spacial score (nSPS) is 15.0. The second-order valence-electron chi connectivity index (χ2n) is 4.00. The van der Waals surface area contributed by atoms with Crippen LogP contribution in [0.15, 0.2) is 18.2 Å². The summed E-state index contributed by atoms with van der Waals surface area (Å²) in [6.45, 7) is 0.686. The molecule has 1 fully saturated rings. The van der Waals surface area contributed by atoms with Gasteiger partial charge in [0.2, 0.25) is 11.8 Å². The lowest BCUT2D eigenvalue weighted by Crippen LogP contribution is -2.24. The van der Waals surface area contributed by atoms with Gasteiger partial charge in [0.25, 0.3) is 0 Å². The van der Waals surface area contributed by atoms with Crippen LogP contribution in [0.4, 0.5) is 11.4 Å². The molecule has 0 bridgehead atoms. The van der Waals surface area contributed by atoms with Crippen molar-refractivity contribution in [3.63, 3.8) is 0 Å². The van der Waals surface area contributed by atoms with E-state index in [1.54, 1.807) is 23.1 Å². The molecule has 18 heavy (non-hydrogen) atoms. The topological polar surface area (TPSA) is 49.4 Å². The van der Waals surface area contributed by atoms with Crippen molar-refractivity contribution in [3.05, 3.63) is 23.2 Å². The average Bonchev–Trinajstić information content (AvgIpc) is 2.75. The van der Waals surface area contributed by atoms with E-state index in [1.807, 2.05) is 0 Å². The Morgan fingerprint density at radius 2 is 2.22 bits per heavy atom. The molecule has 0 aromatic heterocycles. The summed E-state index contributed by atoms with van der Waals surface area (Å²) >= 11 is 11.5. The van der Waals surface area contributed by atoms with Gasteiger partial charge in [0.15, 0.2) is 0 Å². The number of amides is 2. The van der Waals surface area contributed by atoms with E-state index in [4.69, 9.17) is 23.2 Å². The van der Waals surface area contributed by atoms with E-state index < -0.39 is 0 Å². The highest BCUT2D eigenvalue weighted by atomic mass is 35.5. The fourth-order valence-corrected chi connectivity index (χ4v) is 2.25. The number of carbonyl (C=O) groups excluding carboxylic acids is 2. The maximum Gasteiger partial charge on any atom is 0.239 e. The molecule has 1 aliphatic rings. The quantitative estimate of drug-likeness (QED) is 0.869. The van der Waals surface area contributed by atoms with Gasteiger partial charge in [-0.15, -0.1) is 11.6 Å². The molecule has 1 aliphatic heterocycles. The van der Waals surface area contributed by atoms with Crippen molar-refractivity contribution in [1.82, 2.24) is 0 Å². The van der Waals surface area contributed by atoms with Gasteiger partial charge >= 0.3 is 0 Å². The van der Waals surface area contributed by atoms with Gasteiger partial charge in [-0.1, -0.05) is 11.6 Å². The second kappa shape index (κ2) is 5.59. The van der Waals surface area contributed by atoms with Crippen molar-refractivity contribution in [2.45, 2.75) is 12.8 Å². The molecule has 6 heteroatoms. The molecule has 0 radical (unpaired) electrons. The maximum atomic E-state index is 11.6. The molecule has 1 heterocycles. The Balaban J connectivity index is 2.19. The van der Waals surface area contributed by atoms with Crippen molar-refractivity contribution in [3.8, 4) is 0 Å². The van der Waals surface area contributed by atoms with Crippen LogP contribution in [0.3, 0.4) is 0 Å². The molecule has 1 saturated heterocycles. The number of halogens is 2. The number of anilines is 2. The molecular formula is C12H12Cl2N2O2. The van der Waals surface area contributed by atoms with E-state index in [2.05, 4.69) is 5.32 Å². The third-order valence-electron chi connectivity index (χ3n) is 2.72. The monoisotopic (exact) mass is 286 g/mol. The van der Waals surface area contributed by atoms with Crippen LogP contribution in [0.25, 0.3) is 0 Å². The van der Waals surface area contributed by atoms with Crippen LogP contribution in [-0.2, 0) is 9.59 Å². The molecule has 1 N–H and O–H groups in total. The minimum absolute atomic E-state index is 0.0782. The van der Waals surface area contributed by atoms with Crippen LogP contribution in [0, 0.1) is 0 Å². The highest BCUT2D eigenvalue weighted by molar-refractivity contribution is 6.34. The molecule has 0 saturated carbocycles.